The number of nitrogens with zero attached hydrogens (tertiary/aromatic N) is 1. The zero-order valence-electron chi connectivity index (χ0n) is 14.3. The van der Waals surface area contributed by atoms with E-state index in [9.17, 15) is 14.4 Å². The first-order valence-corrected chi connectivity index (χ1v) is 10.0. The molecule has 3 aromatic rings. The van der Waals surface area contributed by atoms with Gasteiger partial charge in [-0.3, -0.25) is 19.7 Å². The number of carbonyl (C=O) groups is 2. The normalized spacial score (nSPS) is 10.4. The number of pyridine rings is 1. The number of benzene rings is 1. The maximum Gasteiger partial charge on any atom is 0.258 e. The molecule has 0 unspecified atom stereocenters. The minimum absolute atomic E-state index is 0.106. The van der Waals surface area contributed by atoms with Crippen molar-refractivity contribution in [1.29, 1.82) is 0 Å². The topological polar surface area (TPSA) is 104 Å². The molecule has 0 radical (unpaired) electrons. The maximum absolute atomic E-state index is 12.2. The molecule has 0 atom stereocenters. The number of anilines is 2. The molecule has 0 bridgehead atoms. The van der Waals surface area contributed by atoms with Crippen molar-refractivity contribution in [2.45, 2.75) is 11.3 Å². The molecule has 3 rings (SSSR count). The van der Waals surface area contributed by atoms with Crippen molar-refractivity contribution in [3.63, 3.8) is 0 Å². The molecule has 2 aromatic heterocycles. The predicted molar refractivity (Wildman–Crippen MR) is 108 cm³/mol. The third kappa shape index (κ3) is 5.28. The number of rotatable bonds is 6. The molecule has 2 heterocycles. The Bertz CT molecular complexity index is 1010. The van der Waals surface area contributed by atoms with Crippen LogP contribution in [-0.2, 0) is 11.2 Å². The average molecular weight is 400 g/mol. The summed E-state index contributed by atoms with van der Waals surface area (Å²) in [6.45, 7) is 0. The molecule has 27 heavy (non-hydrogen) atoms. The van der Waals surface area contributed by atoms with Gasteiger partial charge in [0.2, 0.25) is 11.5 Å². The van der Waals surface area contributed by atoms with Gasteiger partial charge in [0.15, 0.2) is 5.13 Å². The van der Waals surface area contributed by atoms with Gasteiger partial charge in [-0.15, -0.1) is 23.1 Å². The van der Waals surface area contributed by atoms with E-state index in [4.69, 9.17) is 0 Å². The van der Waals surface area contributed by atoms with E-state index in [1.54, 1.807) is 17.1 Å². The van der Waals surface area contributed by atoms with E-state index in [0.29, 0.717) is 16.4 Å². The van der Waals surface area contributed by atoms with Crippen molar-refractivity contribution in [3.8, 4) is 0 Å². The minimum Gasteiger partial charge on any atom is -0.328 e. The van der Waals surface area contributed by atoms with Gasteiger partial charge in [-0.1, -0.05) is 6.07 Å². The molecule has 0 aliphatic rings. The second kappa shape index (κ2) is 8.65. The van der Waals surface area contributed by atoms with E-state index in [1.807, 2.05) is 30.5 Å². The third-order valence-electron chi connectivity index (χ3n) is 3.51. The van der Waals surface area contributed by atoms with Crippen LogP contribution in [0.4, 0.5) is 10.8 Å². The Morgan fingerprint density at radius 3 is 2.81 bits per heavy atom. The van der Waals surface area contributed by atoms with Crippen molar-refractivity contribution in [3.05, 3.63) is 69.6 Å². The van der Waals surface area contributed by atoms with Crippen LogP contribution in [0.3, 0.4) is 0 Å². The Labute approximate surface area is 163 Å². The van der Waals surface area contributed by atoms with Gasteiger partial charge in [-0.05, 0) is 30.5 Å². The van der Waals surface area contributed by atoms with E-state index < -0.39 is 0 Å². The van der Waals surface area contributed by atoms with Crippen LogP contribution in [0.15, 0.2) is 57.7 Å². The van der Waals surface area contributed by atoms with Crippen LogP contribution in [-0.4, -0.2) is 28.0 Å². The van der Waals surface area contributed by atoms with Gasteiger partial charge in [-0.25, -0.2) is 4.98 Å². The van der Waals surface area contributed by atoms with Crippen molar-refractivity contribution in [2.75, 3.05) is 16.9 Å². The molecule has 0 aliphatic heterocycles. The number of aromatic nitrogens is 2. The van der Waals surface area contributed by atoms with Gasteiger partial charge in [0.1, 0.15) is 0 Å². The molecule has 0 saturated heterocycles. The Hall–Kier alpha value is -2.91. The first-order valence-electron chi connectivity index (χ1n) is 7.92. The predicted octanol–water partition coefficient (Wildman–Crippen LogP) is 2.99. The second-order valence-corrected chi connectivity index (χ2v) is 7.23. The largest absolute Gasteiger partial charge is 0.328 e. The zero-order valence-corrected chi connectivity index (χ0v) is 15.9. The molecule has 0 spiro atoms. The van der Waals surface area contributed by atoms with E-state index in [1.165, 1.54) is 29.7 Å². The fraction of sp³-hybridized carbons (Fsp3) is 0.111. The highest BCUT2D eigenvalue weighted by Crippen LogP contribution is 2.20. The Morgan fingerprint density at radius 2 is 2.07 bits per heavy atom. The van der Waals surface area contributed by atoms with Crippen molar-refractivity contribution >= 4 is 45.7 Å². The average Bonchev–Trinajstić information content (AvgIpc) is 3.08. The van der Waals surface area contributed by atoms with Gasteiger partial charge in [0.25, 0.3) is 5.91 Å². The van der Waals surface area contributed by atoms with Gasteiger partial charge in [-0.2, -0.15) is 0 Å². The Morgan fingerprint density at radius 1 is 1.22 bits per heavy atom. The summed E-state index contributed by atoms with van der Waals surface area (Å²) >= 11 is 2.83. The molecular formula is C18H16N4O3S2. The number of thiazole rings is 1. The van der Waals surface area contributed by atoms with Gasteiger partial charge >= 0.3 is 0 Å². The molecule has 9 heteroatoms. The van der Waals surface area contributed by atoms with Crippen LogP contribution in [0.1, 0.15) is 16.1 Å². The first kappa shape index (κ1) is 18.9. The van der Waals surface area contributed by atoms with E-state index in [-0.39, 0.29) is 23.8 Å². The number of nitrogens with one attached hydrogen (secondary N) is 3. The SMILES string of the molecule is CSc1cccc(NC(=O)Cc2csc(NC(=O)c3ccc(=O)[nH]c3)n2)c1. The van der Waals surface area contributed by atoms with Gasteiger partial charge in [0.05, 0.1) is 17.7 Å². The van der Waals surface area contributed by atoms with E-state index in [0.717, 1.165) is 10.6 Å². The van der Waals surface area contributed by atoms with E-state index in [2.05, 4.69) is 20.6 Å². The van der Waals surface area contributed by atoms with Gasteiger partial charge < -0.3 is 10.3 Å². The lowest BCUT2D eigenvalue weighted by Gasteiger charge is -2.05. The lowest BCUT2D eigenvalue weighted by atomic mass is 10.3. The molecule has 0 saturated carbocycles. The summed E-state index contributed by atoms with van der Waals surface area (Å²) in [6.07, 6.45) is 3.41. The lowest BCUT2D eigenvalue weighted by Crippen LogP contribution is -2.16. The Balaban J connectivity index is 1.58. The van der Waals surface area contributed by atoms with Crippen LogP contribution in [0.25, 0.3) is 0 Å². The summed E-state index contributed by atoms with van der Waals surface area (Å²) in [4.78, 5) is 43.1. The molecule has 1 aromatic carbocycles. The zero-order chi connectivity index (χ0) is 19.2. The standard InChI is InChI=1S/C18H16N4O3S2/c1-26-14-4-2-3-12(7-14)20-16(24)8-13-10-27-18(21-13)22-17(25)11-5-6-15(23)19-9-11/h2-7,9-10H,8H2,1H3,(H,19,23)(H,20,24)(H,21,22,25). The summed E-state index contributed by atoms with van der Waals surface area (Å²) < 4.78 is 0. The number of thioether (sulfide) groups is 1. The number of hydrogen-bond acceptors (Lipinski definition) is 6. The molecule has 2 amide bonds. The van der Waals surface area contributed by atoms with Crippen molar-refractivity contribution in [1.82, 2.24) is 9.97 Å². The number of aromatic amines is 1. The first-order chi connectivity index (χ1) is 13.0. The molecule has 0 aliphatic carbocycles. The fourth-order valence-corrected chi connectivity index (χ4v) is 3.40. The highest BCUT2D eigenvalue weighted by Gasteiger charge is 2.12. The molecular weight excluding hydrogens is 384 g/mol. The summed E-state index contributed by atoms with van der Waals surface area (Å²) in [6, 6.07) is 10.3. The van der Waals surface area contributed by atoms with Gasteiger partial charge in [0, 0.05) is 28.2 Å². The van der Waals surface area contributed by atoms with Crippen LogP contribution < -0.4 is 16.2 Å². The van der Waals surface area contributed by atoms with Crippen molar-refractivity contribution in [2.24, 2.45) is 0 Å². The van der Waals surface area contributed by atoms with Crippen LogP contribution in [0.5, 0.6) is 0 Å². The fourth-order valence-electron chi connectivity index (χ4n) is 2.24. The van der Waals surface area contributed by atoms with Crippen LogP contribution in [0.2, 0.25) is 0 Å². The van der Waals surface area contributed by atoms with Crippen LogP contribution in [0, 0.1) is 0 Å². The second-order valence-electron chi connectivity index (χ2n) is 5.50. The molecule has 7 nitrogen and oxygen atoms in total. The quantitative estimate of drug-likeness (QED) is 0.552. The maximum atomic E-state index is 12.2. The molecule has 0 fully saturated rings. The number of H-pyrrole nitrogens is 1. The highest BCUT2D eigenvalue weighted by atomic mass is 32.2. The summed E-state index contributed by atoms with van der Waals surface area (Å²) in [5, 5.41) is 7.60. The lowest BCUT2D eigenvalue weighted by molar-refractivity contribution is -0.115. The summed E-state index contributed by atoms with van der Waals surface area (Å²) in [7, 11) is 0. The summed E-state index contributed by atoms with van der Waals surface area (Å²) in [5.41, 5.74) is 1.33. The minimum atomic E-state index is -0.384. The molecule has 138 valence electrons. The monoisotopic (exact) mass is 400 g/mol. The number of amides is 2. The number of hydrogen-bond donors (Lipinski definition) is 3. The smallest absolute Gasteiger partial charge is 0.258 e. The molecule has 3 N–H and O–H groups in total. The Kier molecular flexibility index (Phi) is 6.05. The van der Waals surface area contributed by atoms with Crippen LogP contribution >= 0.6 is 23.1 Å². The number of carbonyl (C=O) groups excluding carboxylic acids is 2. The highest BCUT2D eigenvalue weighted by molar-refractivity contribution is 7.98. The van der Waals surface area contributed by atoms with Crippen molar-refractivity contribution < 1.29 is 9.59 Å². The van der Waals surface area contributed by atoms with E-state index >= 15 is 0 Å². The third-order valence-corrected chi connectivity index (χ3v) is 5.05. The summed E-state index contributed by atoms with van der Waals surface area (Å²) in [5.74, 6) is -0.567.